The van der Waals surface area contributed by atoms with E-state index < -0.39 is 0 Å². The minimum Gasteiger partial charge on any atom is -0.337 e. The molecule has 3 rings (SSSR count). The summed E-state index contributed by atoms with van der Waals surface area (Å²) in [5, 5.41) is 3.52. The molecular formula is C16H21N5. The van der Waals surface area contributed by atoms with Gasteiger partial charge in [0.15, 0.2) is 0 Å². The van der Waals surface area contributed by atoms with Crippen molar-refractivity contribution in [3.8, 4) is 0 Å². The van der Waals surface area contributed by atoms with Crippen molar-refractivity contribution in [2.75, 3.05) is 6.54 Å². The van der Waals surface area contributed by atoms with Gasteiger partial charge in [0.25, 0.3) is 0 Å². The van der Waals surface area contributed by atoms with Gasteiger partial charge in [-0.05, 0) is 26.0 Å². The SMILES string of the molecule is Cc1nc2ccccc2n1CCNC(C)c1nccn1C. The minimum absolute atomic E-state index is 0.236. The van der Waals surface area contributed by atoms with Crippen LogP contribution in [0.3, 0.4) is 0 Å². The van der Waals surface area contributed by atoms with Crippen LogP contribution in [0.15, 0.2) is 36.7 Å². The molecule has 21 heavy (non-hydrogen) atoms. The number of nitrogens with one attached hydrogen (secondary N) is 1. The highest BCUT2D eigenvalue weighted by Crippen LogP contribution is 2.15. The standard InChI is InChI=1S/C16H21N5/c1-12(16-18-8-10-20(16)3)17-9-11-21-13(2)19-14-6-4-5-7-15(14)21/h4-8,10,12,17H,9,11H2,1-3H3. The van der Waals surface area contributed by atoms with Gasteiger partial charge in [0.2, 0.25) is 0 Å². The van der Waals surface area contributed by atoms with Crippen molar-refractivity contribution < 1.29 is 0 Å². The topological polar surface area (TPSA) is 47.7 Å². The number of hydrogen-bond donors (Lipinski definition) is 1. The smallest absolute Gasteiger partial charge is 0.125 e. The number of aromatic nitrogens is 4. The third kappa shape index (κ3) is 2.69. The molecule has 5 heteroatoms. The molecule has 1 N–H and O–H groups in total. The zero-order valence-corrected chi connectivity index (χ0v) is 12.7. The Balaban J connectivity index is 1.67. The van der Waals surface area contributed by atoms with Crippen molar-refractivity contribution >= 4 is 11.0 Å². The lowest BCUT2D eigenvalue weighted by Gasteiger charge is -2.14. The fourth-order valence-electron chi connectivity index (χ4n) is 2.76. The van der Waals surface area contributed by atoms with E-state index in [2.05, 4.69) is 56.5 Å². The molecule has 0 saturated carbocycles. The van der Waals surface area contributed by atoms with E-state index in [1.165, 1.54) is 5.52 Å². The molecule has 3 aromatic rings. The van der Waals surface area contributed by atoms with Crippen molar-refractivity contribution in [1.82, 2.24) is 24.4 Å². The number of para-hydroxylation sites is 2. The number of imidazole rings is 2. The number of fused-ring (bicyclic) bond motifs is 1. The predicted molar refractivity (Wildman–Crippen MR) is 84.1 cm³/mol. The number of rotatable bonds is 5. The molecule has 110 valence electrons. The molecule has 1 unspecified atom stereocenters. The second-order valence-electron chi connectivity index (χ2n) is 5.37. The second kappa shape index (κ2) is 5.69. The molecule has 0 aliphatic rings. The molecule has 5 nitrogen and oxygen atoms in total. The molecule has 0 saturated heterocycles. The molecule has 0 radical (unpaired) electrons. The van der Waals surface area contributed by atoms with Crippen LogP contribution in [0.1, 0.15) is 24.6 Å². The summed E-state index contributed by atoms with van der Waals surface area (Å²) in [6.07, 6.45) is 3.81. The lowest BCUT2D eigenvalue weighted by Crippen LogP contribution is -2.25. The van der Waals surface area contributed by atoms with Crippen molar-refractivity contribution in [3.05, 3.63) is 48.3 Å². The van der Waals surface area contributed by atoms with Crippen LogP contribution < -0.4 is 5.32 Å². The van der Waals surface area contributed by atoms with Crippen LogP contribution in [-0.2, 0) is 13.6 Å². The van der Waals surface area contributed by atoms with E-state index in [1.54, 1.807) is 0 Å². The van der Waals surface area contributed by atoms with Crippen molar-refractivity contribution in [3.63, 3.8) is 0 Å². The van der Waals surface area contributed by atoms with Gasteiger partial charge in [0.05, 0.1) is 17.1 Å². The monoisotopic (exact) mass is 283 g/mol. The van der Waals surface area contributed by atoms with Crippen LogP contribution in [0, 0.1) is 6.92 Å². The molecule has 0 bridgehead atoms. The second-order valence-corrected chi connectivity index (χ2v) is 5.37. The van der Waals surface area contributed by atoms with Gasteiger partial charge in [-0.25, -0.2) is 9.97 Å². The number of nitrogens with zero attached hydrogens (tertiary/aromatic N) is 4. The highest BCUT2D eigenvalue weighted by molar-refractivity contribution is 5.75. The first-order valence-corrected chi connectivity index (χ1v) is 7.29. The first-order chi connectivity index (χ1) is 10.2. The fourth-order valence-corrected chi connectivity index (χ4v) is 2.76. The minimum atomic E-state index is 0.236. The van der Waals surface area contributed by atoms with Gasteiger partial charge < -0.3 is 14.5 Å². The predicted octanol–water partition coefficient (Wildman–Crippen LogP) is 2.43. The maximum atomic E-state index is 4.59. The maximum Gasteiger partial charge on any atom is 0.125 e. The van der Waals surface area contributed by atoms with Gasteiger partial charge in [-0.15, -0.1) is 0 Å². The lowest BCUT2D eigenvalue weighted by molar-refractivity contribution is 0.502. The summed E-state index contributed by atoms with van der Waals surface area (Å²) in [6.45, 7) is 5.99. The molecule has 0 aliphatic carbocycles. The quantitative estimate of drug-likeness (QED) is 0.782. The Hall–Kier alpha value is -2.14. The van der Waals surface area contributed by atoms with Crippen LogP contribution in [-0.4, -0.2) is 25.6 Å². The molecule has 2 heterocycles. The van der Waals surface area contributed by atoms with Gasteiger partial charge >= 0.3 is 0 Å². The Kier molecular flexibility index (Phi) is 3.75. The van der Waals surface area contributed by atoms with Gasteiger partial charge in [0.1, 0.15) is 11.6 Å². The molecule has 2 aromatic heterocycles. The summed E-state index contributed by atoms with van der Waals surface area (Å²) < 4.78 is 4.31. The molecular weight excluding hydrogens is 262 g/mol. The lowest BCUT2D eigenvalue weighted by atomic mass is 10.3. The first-order valence-electron chi connectivity index (χ1n) is 7.29. The normalized spacial score (nSPS) is 12.9. The van der Waals surface area contributed by atoms with Crippen LogP contribution >= 0.6 is 0 Å². The van der Waals surface area contributed by atoms with Crippen LogP contribution in [0.2, 0.25) is 0 Å². The van der Waals surface area contributed by atoms with E-state index in [-0.39, 0.29) is 6.04 Å². The fraction of sp³-hybridized carbons (Fsp3) is 0.375. The van der Waals surface area contributed by atoms with E-state index in [0.717, 1.165) is 30.3 Å². The Labute approximate surface area is 124 Å². The average molecular weight is 283 g/mol. The van der Waals surface area contributed by atoms with Crippen molar-refractivity contribution in [1.29, 1.82) is 0 Å². The molecule has 0 spiro atoms. The summed E-state index contributed by atoms with van der Waals surface area (Å²) >= 11 is 0. The molecule has 0 fully saturated rings. The Bertz CT molecular complexity index is 740. The third-order valence-electron chi connectivity index (χ3n) is 3.88. The Morgan fingerprint density at radius 1 is 1.29 bits per heavy atom. The summed E-state index contributed by atoms with van der Waals surface area (Å²) in [6, 6.07) is 8.50. The molecule has 1 aromatic carbocycles. The Morgan fingerprint density at radius 3 is 2.86 bits per heavy atom. The van der Waals surface area contributed by atoms with Crippen LogP contribution in [0.25, 0.3) is 11.0 Å². The number of benzene rings is 1. The number of aryl methyl sites for hydroxylation is 2. The van der Waals surface area contributed by atoms with Crippen molar-refractivity contribution in [2.24, 2.45) is 7.05 Å². The largest absolute Gasteiger partial charge is 0.337 e. The zero-order chi connectivity index (χ0) is 14.8. The van der Waals surface area contributed by atoms with E-state index in [4.69, 9.17) is 0 Å². The van der Waals surface area contributed by atoms with Crippen LogP contribution in [0.5, 0.6) is 0 Å². The molecule has 1 atom stereocenters. The summed E-state index contributed by atoms with van der Waals surface area (Å²) in [5.74, 6) is 2.12. The summed E-state index contributed by atoms with van der Waals surface area (Å²) in [7, 11) is 2.02. The van der Waals surface area contributed by atoms with Crippen molar-refractivity contribution in [2.45, 2.75) is 26.4 Å². The van der Waals surface area contributed by atoms with E-state index >= 15 is 0 Å². The maximum absolute atomic E-state index is 4.59. The van der Waals surface area contributed by atoms with Gasteiger partial charge in [-0.3, -0.25) is 0 Å². The van der Waals surface area contributed by atoms with Gasteiger partial charge in [0, 0.05) is 32.5 Å². The van der Waals surface area contributed by atoms with Gasteiger partial charge in [-0.2, -0.15) is 0 Å². The van der Waals surface area contributed by atoms with Crippen LogP contribution in [0.4, 0.5) is 0 Å². The molecule has 0 aliphatic heterocycles. The zero-order valence-electron chi connectivity index (χ0n) is 12.7. The highest BCUT2D eigenvalue weighted by Gasteiger charge is 2.10. The molecule has 0 amide bonds. The van der Waals surface area contributed by atoms with E-state index in [9.17, 15) is 0 Å². The average Bonchev–Trinajstić information content (AvgIpc) is 3.03. The summed E-state index contributed by atoms with van der Waals surface area (Å²) in [4.78, 5) is 8.97. The first kappa shape index (κ1) is 13.8. The summed E-state index contributed by atoms with van der Waals surface area (Å²) in [5.41, 5.74) is 2.26. The van der Waals surface area contributed by atoms with E-state index in [0.29, 0.717) is 0 Å². The highest BCUT2D eigenvalue weighted by atomic mass is 15.1. The van der Waals surface area contributed by atoms with Gasteiger partial charge in [-0.1, -0.05) is 12.1 Å². The third-order valence-corrected chi connectivity index (χ3v) is 3.88. The van der Waals surface area contributed by atoms with E-state index in [1.807, 2.05) is 25.5 Å². The number of hydrogen-bond acceptors (Lipinski definition) is 3. The Morgan fingerprint density at radius 2 is 2.10 bits per heavy atom.